The number of fused-ring (bicyclic) bond motifs is 1. The maximum Gasteiger partial charge on any atom is 0.126 e. The minimum Gasteiger partial charge on any atom is -0.207 e. The molecule has 0 heterocycles. The lowest BCUT2D eigenvalue weighted by molar-refractivity contribution is 0.307. The van der Waals surface area contributed by atoms with Crippen LogP contribution in [0, 0.1) is 28.9 Å². The largest absolute Gasteiger partial charge is 0.207 e. The van der Waals surface area contributed by atoms with Crippen molar-refractivity contribution in [3.8, 4) is 0 Å². The summed E-state index contributed by atoms with van der Waals surface area (Å²) in [7, 11) is 0. The van der Waals surface area contributed by atoms with Gasteiger partial charge in [-0.1, -0.05) is 15.9 Å². The van der Waals surface area contributed by atoms with Crippen molar-refractivity contribution >= 4 is 15.9 Å². The SMILES string of the molecule is Fc1cc(F)cc(CC2(CBr)CC3CC3C2)c1. The van der Waals surface area contributed by atoms with Crippen LogP contribution in [0.2, 0.25) is 0 Å². The first-order valence-corrected chi connectivity index (χ1v) is 7.23. The number of hydrogen-bond donors (Lipinski definition) is 0. The Bertz CT molecular complexity index is 414. The zero-order chi connectivity index (χ0) is 12.0. The molecule has 0 saturated heterocycles. The molecule has 1 aromatic carbocycles. The molecule has 2 aliphatic carbocycles. The number of halogens is 3. The van der Waals surface area contributed by atoms with Gasteiger partial charge in [-0.2, -0.15) is 0 Å². The van der Waals surface area contributed by atoms with Gasteiger partial charge in [0.2, 0.25) is 0 Å². The zero-order valence-corrected chi connectivity index (χ0v) is 11.1. The summed E-state index contributed by atoms with van der Waals surface area (Å²) < 4.78 is 26.3. The minimum absolute atomic E-state index is 0.230. The maximum absolute atomic E-state index is 13.2. The zero-order valence-electron chi connectivity index (χ0n) is 9.56. The average Bonchev–Trinajstić information content (AvgIpc) is 2.85. The first kappa shape index (κ1) is 11.6. The van der Waals surface area contributed by atoms with Crippen LogP contribution in [-0.4, -0.2) is 5.33 Å². The van der Waals surface area contributed by atoms with Crippen molar-refractivity contribution < 1.29 is 8.78 Å². The predicted molar refractivity (Wildman–Crippen MR) is 67.1 cm³/mol. The molecule has 0 nitrogen and oxygen atoms in total. The summed E-state index contributed by atoms with van der Waals surface area (Å²) in [6.45, 7) is 0. The van der Waals surface area contributed by atoms with E-state index in [9.17, 15) is 8.78 Å². The molecule has 0 aromatic heterocycles. The molecule has 92 valence electrons. The van der Waals surface area contributed by atoms with E-state index in [1.54, 1.807) is 0 Å². The molecule has 0 amide bonds. The lowest BCUT2D eigenvalue weighted by Crippen LogP contribution is -2.23. The van der Waals surface area contributed by atoms with E-state index in [1.165, 1.54) is 31.4 Å². The van der Waals surface area contributed by atoms with E-state index in [0.717, 1.165) is 35.2 Å². The molecule has 0 aliphatic heterocycles. The second-order valence-electron chi connectivity index (χ2n) is 5.75. The third-order valence-corrected chi connectivity index (χ3v) is 5.43. The molecule has 17 heavy (non-hydrogen) atoms. The van der Waals surface area contributed by atoms with Gasteiger partial charge in [-0.3, -0.25) is 0 Å². The van der Waals surface area contributed by atoms with Gasteiger partial charge in [0.05, 0.1) is 0 Å². The highest BCUT2D eigenvalue weighted by Crippen LogP contribution is 2.61. The number of benzene rings is 1. The Labute approximate surface area is 109 Å². The van der Waals surface area contributed by atoms with Gasteiger partial charge in [-0.25, -0.2) is 8.78 Å². The fraction of sp³-hybridized carbons (Fsp3) is 0.571. The topological polar surface area (TPSA) is 0 Å². The summed E-state index contributed by atoms with van der Waals surface area (Å²) in [4.78, 5) is 0. The maximum atomic E-state index is 13.2. The Hall–Kier alpha value is -0.440. The van der Waals surface area contributed by atoms with E-state index in [-0.39, 0.29) is 5.41 Å². The van der Waals surface area contributed by atoms with Gasteiger partial charge < -0.3 is 0 Å². The van der Waals surface area contributed by atoms with Crippen molar-refractivity contribution in [2.24, 2.45) is 17.3 Å². The summed E-state index contributed by atoms with van der Waals surface area (Å²) in [6.07, 6.45) is 4.58. The van der Waals surface area contributed by atoms with Crippen LogP contribution in [0.3, 0.4) is 0 Å². The van der Waals surface area contributed by atoms with Crippen LogP contribution < -0.4 is 0 Å². The van der Waals surface area contributed by atoms with E-state index in [4.69, 9.17) is 0 Å². The van der Waals surface area contributed by atoms with Crippen LogP contribution in [0.4, 0.5) is 8.78 Å². The van der Waals surface area contributed by atoms with Crippen LogP contribution >= 0.6 is 15.9 Å². The number of rotatable bonds is 3. The monoisotopic (exact) mass is 300 g/mol. The molecule has 0 spiro atoms. The molecule has 0 radical (unpaired) electrons. The fourth-order valence-electron chi connectivity index (χ4n) is 3.45. The summed E-state index contributed by atoms with van der Waals surface area (Å²) in [6, 6.07) is 3.88. The standard InChI is InChI=1S/C14H15BrF2/c15-8-14(6-10-3-11(10)7-14)5-9-1-12(16)4-13(17)2-9/h1-2,4,10-11H,3,5-8H2. The second-order valence-corrected chi connectivity index (χ2v) is 6.31. The van der Waals surface area contributed by atoms with Crippen molar-refractivity contribution in [1.82, 2.24) is 0 Å². The van der Waals surface area contributed by atoms with Crippen molar-refractivity contribution in [3.05, 3.63) is 35.4 Å². The Balaban J connectivity index is 1.80. The highest BCUT2D eigenvalue weighted by Gasteiger charge is 2.52. The third-order valence-electron chi connectivity index (χ3n) is 4.24. The first-order chi connectivity index (χ1) is 8.10. The van der Waals surface area contributed by atoms with Crippen LogP contribution in [-0.2, 0) is 6.42 Å². The van der Waals surface area contributed by atoms with Crippen molar-refractivity contribution in [1.29, 1.82) is 0 Å². The molecule has 3 heteroatoms. The summed E-state index contributed by atoms with van der Waals surface area (Å²) in [5, 5.41) is 0.936. The lowest BCUT2D eigenvalue weighted by Gasteiger charge is -2.28. The molecule has 3 rings (SSSR count). The van der Waals surface area contributed by atoms with E-state index < -0.39 is 11.6 Å². The van der Waals surface area contributed by atoms with Crippen LogP contribution in [0.1, 0.15) is 24.8 Å². The molecule has 2 fully saturated rings. The summed E-state index contributed by atoms with van der Waals surface area (Å²) in [5.41, 5.74) is 1.02. The van der Waals surface area contributed by atoms with Gasteiger partial charge in [-0.05, 0) is 60.6 Å². The average molecular weight is 301 g/mol. The quantitative estimate of drug-likeness (QED) is 0.729. The molecule has 2 atom stereocenters. The minimum atomic E-state index is -0.465. The second kappa shape index (κ2) is 4.04. The van der Waals surface area contributed by atoms with Crippen LogP contribution in [0.15, 0.2) is 18.2 Å². The smallest absolute Gasteiger partial charge is 0.126 e. The van der Waals surface area contributed by atoms with Gasteiger partial charge in [0, 0.05) is 11.4 Å². The van der Waals surface area contributed by atoms with E-state index in [2.05, 4.69) is 15.9 Å². The predicted octanol–water partition coefficient (Wildman–Crippen LogP) is 4.32. The van der Waals surface area contributed by atoms with Gasteiger partial charge in [0.1, 0.15) is 11.6 Å². The summed E-state index contributed by atoms with van der Waals surface area (Å²) in [5.74, 6) is 0.831. The van der Waals surface area contributed by atoms with E-state index in [1.807, 2.05) is 0 Å². The Kier molecular flexibility index (Phi) is 2.77. The van der Waals surface area contributed by atoms with Crippen LogP contribution in [0.25, 0.3) is 0 Å². The molecule has 2 unspecified atom stereocenters. The molecule has 2 aliphatic rings. The Morgan fingerprint density at radius 1 is 1.12 bits per heavy atom. The highest BCUT2D eigenvalue weighted by molar-refractivity contribution is 9.09. The normalized spacial score (nSPS) is 34.8. The van der Waals surface area contributed by atoms with E-state index >= 15 is 0 Å². The Morgan fingerprint density at radius 2 is 1.71 bits per heavy atom. The van der Waals surface area contributed by atoms with Gasteiger partial charge in [0.15, 0.2) is 0 Å². The van der Waals surface area contributed by atoms with E-state index in [0.29, 0.717) is 0 Å². The first-order valence-electron chi connectivity index (χ1n) is 6.11. The van der Waals surface area contributed by atoms with Gasteiger partial charge in [0.25, 0.3) is 0 Å². The number of alkyl halides is 1. The van der Waals surface area contributed by atoms with Gasteiger partial charge >= 0.3 is 0 Å². The van der Waals surface area contributed by atoms with Crippen molar-refractivity contribution in [3.63, 3.8) is 0 Å². The molecule has 0 bridgehead atoms. The molecular weight excluding hydrogens is 286 g/mol. The summed E-state index contributed by atoms with van der Waals surface area (Å²) >= 11 is 3.59. The highest BCUT2D eigenvalue weighted by atomic mass is 79.9. The van der Waals surface area contributed by atoms with Crippen LogP contribution in [0.5, 0.6) is 0 Å². The van der Waals surface area contributed by atoms with Gasteiger partial charge in [-0.15, -0.1) is 0 Å². The molecule has 2 saturated carbocycles. The molecule has 0 N–H and O–H groups in total. The fourth-order valence-corrected chi connectivity index (χ4v) is 4.11. The number of hydrogen-bond acceptors (Lipinski definition) is 0. The Morgan fingerprint density at radius 3 is 2.24 bits per heavy atom. The van der Waals surface area contributed by atoms with Crippen molar-refractivity contribution in [2.75, 3.05) is 5.33 Å². The van der Waals surface area contributed by atoms with Crippen molar-refractivity contribution in [2.45, 2.75) is 25.7 Å². The molecule has 1 aromatic rings. The lowest BCUT2D eigenvalue weighted by atomic mass is 9.79. The third kappa shape index (κ3) is 2.26. The molecular formula is C14H15BrF2.